The van der Waals surface area contributed by atoms with Crippen molar-refractivity contribution in [3.05, 3.63) is 0 Å². The number of carbonyl (C=O) groups excluding carboxylic acids is 1. The number of hydrogen-bond donors (Lipinski definition) is 1. The minimum Gasteiger partial charge on any atom is -0.478 e. The second kappa shape index (κ2) is 3.29. The fourth-order valence-electron chi connectivity index (χ4n) is 0.196. The summed E-state index contributed by atoms with van der Waals surface area (Å²) >= 11 is 4.97. The number of aliphatic carboxylic acids is 1. The van der Waals surface area contributed by atoms with Crippen LogP contribution in [-0.4, -0.2) is 22.6 Å². The zero-order valence-electron chi connectivity index (χ0n) is 4.63. The van der Waals surface area contributed by atoms with Crippen molar-refractivity contribution in [1.82, 2.24) is 0 Å². The Balaban J connectivity index is 3.63. The normalized spacial score (nSPS) is 12.2. The van der Waals surface area contributed by atoms with Crippen LogP contribution in [-0.2, 0) is 14.3 Å². The van der Waals surface area contributed by atoms with Gasteiger partial charge in [-0.15, -0.1) is 0 Å². The molecular formula is C4H5ClO4. The number of esters is 1. The highest BCUT2D eigenvalue weighted by Crippen LogP contribution is 1.97. The lowest BCUT2D eigenvalue weighted by atomic mass is 10.7. The van der Waals surface area contributed by atoms with Gasteiger partial charge in [0.1, 0.15) is 0 Å². The smallest absolute Gasteiger partial charge is 0.361 e. The van der Waals surface area contributed by atoms with E-state index >= 15 is 0 Å². The van der Waals surface area contributed by atoms with E-state index in [1.807, 2.05) is 0 Å². The summed E-state index contributed by atoms with van der Waals surface area (Å²) in [5, 5.41) is 8.02. The van der Waals surface area contributed by atoms with E-state index in [-0.39, 0.29) is 0 Å². The molecule has 0 aromatic carbocycles. The van der Waals surface area contributed by atoms with Gasteiger partial charge in [0.15, 0.2) is 0 Å². The maximum Gasteiger partial charge on any atom is 0.361 e. The van der Waals surface area contributed by atoms with Gasteiger partial charge >= 0.3 is 11.9 Å². The molecule has 0 aliphatic heterocycles. The average Bonchev–Trinajstić information content (AvgIpc) is 1.63. The minimum atomic E-state index is -1.57. The van der Waals surface area contributed by atoms with Gasteiger partial charge < -0.3 is 9.84 Å². The van der Waals surface area contributed by atoms with Gasteiger partial charge in [0.25, 0.3) is 5.56 Å². The quantitative estimate of drug-likeness (QED) is 0.454. The summed E-state index contributed by atoms with van der Waals surface area (Å²) in [6.07, 6.45) is 0. The van der Waals surface area contributed by atoms with Gasteiger partial charge in [-0.05, 0) is 0 Å². The summed E-state index contributed by atoms with van der Waals surface area (Å²) in [5.41, 5.74) is -1.57. The second-order valence-electron chi connectivity index (χ2n) is 1.26. The van der Waals surface area contributed by atoms with Gasteiger partial charge in [0.05, 0.1) is 0 Å². The number of carboxylic acids is 1. The van der Waals surface area contributed by atoms with Crippen LogP contribution in [0, 0.1) is 0 Å². The minimum absolute atomic E-state index is 0.711. The van der Waals surface area contributed by atoms with Gasteiger partial charge in [-0.3, -0.25) is 4.79 Å². The summed E-state index contributed by atoms with van der Waals surface area (Å²) in [6, 6.07) is 0. The van der Waals surface area contributed by atoms with Crippen LogP contribution in [0.1, 0.15) is 6.92 Å². The molecule has 0 aliphatic carbocycles. The highest BCUT2D eigenvalue weighted by Gasteiger charge is 2.15. The molecule has 0 rings (SSSR count). The van der Waals surface area contributed by atoms with Crippen LogP contribution in [0.4, 0.5) is 0 Å². The van der Waals surface area contributed by atoms with Crippen LogP contribution in [0.15, 0.2) is 0 Å². The SMILES string of the molecule is CC(=O)OC(Cl)C(=O)O. The highest BCUT2D eigenvalue weighted by atomic mass is 35.5. The molecule has 0 radical (unpaired) electrons. The Kier molecular flexibility index (Phi) is 3.01. The lowest BCUT2D eigenvalue weighted by molar-refractivity contribution is -0.156. The third kappa shape index (κ3) is 3.78. The largest absolute Gasteiger partial charge is 0.478 e. The number of alkyl halides is 1. The number of ether oxygens (including phenoxy) is 1. The Morgan fingerprint density at radius 2 is 2.11 bits per heavy atom. The number of rotatable bonds is 2. The molecule has 4 nitrogen and oxygen atoms in total. The fraction of sp³-hybridized carbons (Fsp3) is 0.500. The van der Waals surface area contributed by atoms with E-state index in [9.17, 15) is 9.59 Å². The van der Waals surface area contributed by atoms with Crippen molar-refractivity contribution in [2.75, 3.05) is 0 Å². The van der Waals surface area contributed by atoms with Crippen LogP contribution in [0.2, 0.25) is 0 Å². The summed E-state index contributed by atoms with van der Waals surface area (Å²) < 4.78 is 4.04. The van der Waals surface area contributed by atoms with E-state index in [0.717, 1.165) is 6.92 Å². The number of carbonyl (C=O) groups is 2. The van der Waals surface area contributed by atoms with Gasteiger partial charge in [0.2, 0.25) is 0 Å². The van der Waals surface area contributed by atoms with Crippen LogP contribution in [0.5, 0.6) is 0 Å². The molecule has 0 heterocycles. The maximum absolute atomic E-state index is 9.99. The Hall–Kier alpha value is -0.770. The van der Waals surface area contributed by atoms with E-state index in [0.29, 0.717) is 0 Å². The van der Waals surface area contributed by atoms with E-state index < -0.39 is 17.5 Å². The monoisotopic (exact) mass is 152 g/mol. The molecular weight excluding hydrogens is 147 g/mol. The standard InChI is InChI=1S/C4H5ClO4/c1-2(6)9-3(5)4(7)8/h3H,1H3,(H,7,8). The Labute approximate surface area is 56.4 Å². The molecule has 0 fully saturated rings. The third-order valence-electron chi connectivity index (χ3n) is 0.464. The zero-order valence-corrected chi connectivity index (χ0v) is 5.38. The van der Waals surface area contributed by atoms with Crippen molar-refractivity contribution in [2.45, 2.75) is 12.5 Å². The number of halogens is 1. The molecule has 52 valence electrons. The molecule has 0 aliphatic rings. The number of hydrogen-bond acceptors (Lipinski definition) is 3. The second-order valence-corrected chi connectivity index (χ2v) is 1.66. The van der Waals surface area contributed by atoms with E-state index in [1.165, 1.54) is 0 Å². The van der Waals surface area contributed by atoms with Crippen molar-refractivity contribution in [1.29, 1.82) is 0 Å². The van der Waals surface area contributed by atoms with E-state index in [1.54, 1.807) is 0 Å². The van der Waals surface area contributed by atoms with Gasteiger partial charge in [-0.25, -0.2) is 4.79 Å². The molecule has 0 saturated carbocycles. The van der Waals surface area contributed by atoms with Crippen molar-refractivity contribution < 1.29 is 19.4 Å². The predicted molar refractivity (Wildman–Crippen MR) is 29.0 cm³/mol. The Morgan fingerprint density at radius 3 is 2.22 bits per heavy atom. The highest BCUT2D eigenvalue weighted by molar-refractivity contribution is 6.28. The Morgan fingerprint density at radius 1 is 1.67 bits per heavy atom. The molecule has 1 N–H and O–H groups in total. The maximum atomic E-state index is 9.99. The lowest BCUT2D eigenvalue weighted by Crippen LogP contribution is -2.19. The van der Waals surface area contributed by atoms with Crippen molar-refractivity contribution in [3.8, 4) is 0 Å². The summed E-state index contributed by atoms with van der Waals surface area (Å²) in [7, 11) is 0. The molecule has 0 aromatic rings. The topological polar surface area (TPSA) is 63.6 Å². The van der Waals surface area contributed by atoms with Gasteiger partial charge in [-0.1, -0.05) is 11.6 Å². The first kappa shape index (κ1) is 8.23. The van der Waals surface area contributed by atoms with Gasteiger partial charge in [-0.2, -0.15) is 0 Å². The van der Waals surface area contributed by atoms with Crippen LogP contribution in [0.25, 0.3) is 0 Å². The predicted octanol–water partition coefficient (Wildman–Crippen LogP) is 0.199. The molecule has 9 heavy (non-hydrogen) atoms. The molecule has 0 amide bonds. The van der Waals surface area contributed by atoms with E-state index in [2.05, 4.69) is 4.74 Å². The average molecular weight is 153 g/mol. The van der Waals surface area contributed by atoms with Crippen molar-refractivity contribution in [3.63, 3.8) is 0 Å². The molecule has 1 atom stereocenters. The van der Waals surface area contributed by atoms with Gasteiger partial charge in [0, 0.05) is 6.92 Å². The van der Waals surface area contributed by atoms with Crippen molar-refractivity contribution >= 4 is 23.5 Å². The lowest BCUT2D eigenvalue weighted by Gasteiger charge is -2.01. The summed E-state index contributed by atoms with van der Waals surface area (Å²) in [4.78, 5) is 19.8. The van der Waals surface area contributed by atoms with E-state index in [4.69, 9.17) is 16.7 Å². The van der Waals surface area contributed by atoms with Crippen LogP contribution in [0.3, 0.4) is 0 Å². The fourth-order valence-corrected chi connectivity index (χ4v) is 0.322. The molecule has 1 unspecified atom stereocenters. The first-order valence-corrected chi connectivity index (χ1v) is 2.52. The molecule has 0 aromatic heterocycles. The molecule has 0 bridgehead atoms. The van der Waals surface area contributed by atoms with Crippen molar-refractivity contribution in [2.24, 2.45) is 0 Å². The zero-order chi connectivity index (χ0) is 7.44. The van der Waals surface area contributed by atoms with Crippen LogP contribution < -0.4 is 0 Å². The first-order valence-electron chi connectivity index (χ1n) is 2.08. The molecule has 0 spiro atoms. The third-order valence-corrected chi connectivity index (χ3v) is 0.739. The molecule has 5 heteroatoms. The van der Waals surface area contributed by atoms with Crippen LogP contribution >= 0.6 is 11.6 Å². The molecule has 0 saturated heterocycles. The summed E-state index contributed by atoms with van der Waals surface area (Å²) in [5.74, 6) is -2.08. The Bertz CT molecular complexity index is 133. The summed E-state index contributed by atoms with van der Waals surface area (Å²) in [6.45, 7) is 1.08. The first-order chi connectivity index (χ1) is 4.04. The number of carboxylic acid groups (broad SMARTS) is 1.